The molecule has 0 aromatic heterocycles. The van der Waals surface area contributed by atoms with Gasteiger partial charge in [0.25, 0.3) is 0 Å². The first-order valence-corrected chi connectivity index (χ1v) is 20.2. The van der Waals surface area contributed by atoms with Crippen LogP contribution in [0.3, 0.4) is 0 Å². The number of allylic oxidation sites excluding steroid dienone is 2. The zero-order chi connectivity index (χ0) is 42.7. The zero-order valence-corrected chi connectivity index (χ0v) is 33.9. The van der Waals surface area contributed by atoms with Crippen molar-refractivity contribution in [1.29, 1.82) is 0 Å². The summed E-state index contributed by atoms with van der Waals surface area (Å²) < 4.78 is 24.3. The minimum atomic E-state index is -2.33. The van der Waals surface area contributed by atoms with E-state index in [0.29, 0.717) is 24.8 Å². The molecule has 1 saturated heterocycles. The predicted octanol–water partition coefficient (Wildman–Crippen LogP) is 3.13. The molecule has 2 saturated carbocycles. The summed E-state index contributed by atoms with van der Waals surface area (Å²) in [6.45, 7) is 6.97. The second-order valence-corrected chi connectivity index (χ2v) is 17.4. The number of fused-ring (bicyclic) bond motifs is 17. The first-order valence-electron chi connectivity index (χ1n) is 20.2. The summed E-state index contributed by atoms with van der Waals surface area (Å²) in [6, 6.07) is 13.8. The lowest BCUT2D eigenvalue weighted by Crippen LogP contribution is -2.81. The molecule has 2 aromatic rings. The standard InChI is InChI=1S/C45H53NO13/c1-24-29-22-45(55)39(37-43(5,38(52)35(50)33(24)42(45,3)4)30(48)21-31-44(37,23-56-31)59-25(2)47)58-40(53)28-19-17-26(18-20-28)13-9-6-7-12-16-32(49)46-34(36(51)41(54)57-29)27-14-10-8-11-15-27/h6,8-11,14-15,17-20,29-31,34-37,39,48,50-51,55H,7,12-13,16,21-23H2,1-5H3,(H,46,49)/t29-,30-,31-,34-,35-,36-,37-,39+,43+,44-,45+/m0/s1. The van der Waals surface area contributed by atoms with Gasteiger partial charge in [0.1, 0.15) is 30.0 Å². The SMILES string of the molecule is CC(=O)O[C@@]12CO[C@H]1C[C@H](O)[C@@]1(C)C(=O)[C@@H](O)C3=C(C)[C@@H]4C[C@@](O)([C@H](OC(=O)c5ccc(cc5)CC=CCCCC(=O)N[C@@H](c5ccccc5)[C@H](O)C(=O)O4)[C@H]21)C3(C)C. The van der Waals surface area contributed by atoms with Crippen LogP contribution < -0.4 is 5.32 Å². The summed E-state index contributed by atoms with van der Waals surface area (Å²) in [5.41, 5.74) is -6.13. The van der Waals surface area contributed by atoms with Gasteiger partial charge in [-0.05, 0) is 67.5 Å². The maximum atomic E-state index is 15.0. The highest BCUT2D eigenvalue weighted by Gasteiger charge is 2.78. The molecular formula is C45H53NO13. The van der Waals surface area contributed by atoms with Gasteiger partial charge in [-0.15, -0.1) is 0 Å². The Hall–Kier alpha value is -4.73. The van der Waals surface area contributed by atoms with Crippen LogP contribution in [0.25, 0.3) is 0 Å². The molecule has 8 rings (SSSR count). The maximum Gasteiger partial charge on any atom is 0.338 e. The van der Waals surface area contributed by atoms with Crippen molar-refractivity contribution in [2.45, 2.75) is 127 Å². The third-order valence-electron chi connectivity index (χ3n) is 13.7. The smallest absolute Gasteiger partial charge is 0.338 e. The van der Waals surface area contributed by atoms with Gasteiger partial charge in [0.2, 0.25) is 5.91 Å². The van der Waals surface area contributed by atoms with Gasteiger partial charge in [-0.3, -0.25) is 14.4 Å². The molecule has 316 valence electrons. The second kappa shape index (κ2) is 15.7. The molecule has 5 bridgehead atoms. The number of aliphatic hydroxyl groups is 4. The molecule has 0 radical (unpaired) electrons. The van der Waals surface area contributed by atoms with Gasteiger partial charge in [0.15, 0.2) is 17.5 Å². The Bertz CT molecular complexity index is 2060. The van der Waals surface area contributed by atoms with E-state index in [1.807, 2.05) is 12.2 Å². The molecule has 3 aliphatic carbocycles. The third-order valence-corrected chi connectivity index (χ3v) is 13.7. The van der Waals surface area contributed by atoms with Crippen LogP contribution >= 0.6 is 0 Å². The second-order valence-electron chi connectivity index (χ2n) is 17.4. The third kappa shape index (κ3) is 7.02. The van der Waals surface area contributed by atoms with Crippen LogP contribution in [0.5, 0.6) is 0 Å². The fourth-order valence-electron chi connectivity index (χ4n) is 10.3. The fourth-order valence-corrected chi connectivity index (χ4v) is 10.3. The van der Waals surface area contributed by atoms with Gasteiger partial charge < -0.3 is 44.7 Å². The van der Waals surface area contributed by atoms with E-state index in [9.17, 15) is 39.6 Å². The van der Waals surface area contributed by atoms with Crippen molar-refractivity contribution in [2.24, 2.45) is 16.7 Å². The van der Waals surface area contributed by atoms with E-state index in [-0.39, 0.29) is 36.2 Å². The molecule has 14 heteroatoms. The molecule has 0 unspecified atom stereocenters. The lowest BCUT2D eigenvalue weighted by Gasteiger charge is -2.67. The summed E-state index contributed by atoms with van der Waals surface area (Å²) in [5.74, 6) is -5.64. The maximum absolute atomic E-state index is 15.0. The van der Waals surface area contributed by atoms with Crippen molar-refractivity contribution in [2.75, 3.05) is 6.61 Å². The molecule has 3 fully saturated rings. The van der Waals surface area contributed by atoms with Crippen molar-refractivity contribution < 1.29 is 63.3 Å². The van der Waals surface area contributed by atoms with E-state index < -0.39 is 107 Å². The average molecular weight is 816 g/mol. The largest absolute Gasteiger partial charge is 0.456 e. The van der Waals surface area contributed by atoms with Crippen LogP contribution in [0.2, 0.25) is 0 Å². The number of Topliss-reactive ketones (excluding diaryl/α,β-unsaturated/α-hetero) is 1. The van der Waals surface area contributed by atoms with Gasteiger partial charge in [-0.1, -0.05) is 68.5 Å². The Balaban J connectivity index is 1.42. The molecule has 1 amide bonds. The van der Waals surface area contributed by atoms with Crippen molar-refractivity contribution in [3.05, 3.63) is 94.6 Å². The first-order chi connectivity index (χ1) is 27.9. The number of aliphatic hydroxyl groups excluding tert-OH is 3. The van der Waals surface area contributed by atoms with E-state index in [0.717, 1.165) is 5.56 Å². The van der Waals surface area contributed by atoms with Gasteiger partial charge in [-0.2, -0.15) is 0 Å². The molecule has 5 N–H and O–H groups in total. The number of benzene rings is 2. The summed E-state index contributed by atoms with van der Waals surface area (Å²) in [4.78, 5) is 69.7. The number of hydrogen-bond acceptors (Lipinski definition) is 13. The Morgan fingerprint density at radius 3 is 2.27 bits per heavy atom. The van der Waals surface area contributed by atoms with Crippen LogP contribution in [-0.2, 0) is 44.5 Å². The van der Waals surface area contributed by atoms with Crippen molar-refractivity contribution in [1.82, 2.24) is 5.32 Å². The highest BCUT2D eigenvalue weighted by atomic mass is 16.6. The molecule has 11 atom stereocenters. The van der Waals surface area contributed by atoms with Crippen molar-refractivity contribution in [3.8, 4) is 0 Å². The summed E-state index contributed by atoms with van der Waals surface area (Å²) in [6.07, 6.45) is -4.76. The number of carbonyl (C=O) groups excluding carboxylic acids is 5. The van der Waals surface area contributed by atoms with Crippen molar-refractivity contribution >= 4 is 29.6 Å². The van der Waals surface area contributed by atoms with E-state index in [2.05, 4.69) is 5.32 Å². The lowest BCUT2D eigenvalue weighted by molar-refractivity contribution is -0.346. The topological polar surface area (TPSA) is 215 Å². The van der Waals surface area contributed by atoms with Gasteiger partial charge in [-0.25, -0.2) is 9.59 Å². The molecule has 3 heterocycles. The molecule has 6 aliphatic rings. The molecule has 3 aliphatic heterocycles. The van der Waals surface area contributed by atoms with Crippen LogP contribution in [0.15, 0.2) is 77.9 Å². The van der Waals surface area contributed by atoms with E-state index >= 15 is 4.79 Å². The Morgan fingerprint density at radius 1 is 0.932 bits per heavy atom. The van der Waals surface area contributed by atoms with Gasteiger partial charge in [0, 0.05) is 31.6 Å². The highest BCUT2D eigenvalue weighted by Crippen LogP contribution is 2.64. The fraction of sp³-hybridized carbons (Fsp3) is 0.533. The number of esters is 3. The molecule has 2 aromatic carbocycles. The number of rotatable bonds is 2. The Morgan fingerprint density at radius 2 is 1.63 bits per heavy atom. The monoisotopic (exact) mass is 815 g/mol. The number of hydrogen-bond donors (Lipinski definition) is 5. The van der Waals surface area contributed by atoms with Crippen LogP contribution in [0.1, 0.15) is 94.2 Å². The zero-order valence-electron chi connectivity index (χ0n) is 33.9. The molecule has 14 nitrogen and oxygen atoms in total. The van der Waals surface area contributed by atoms with Gasteiger partial charge in [0.05, 0.1) is 35.6 Å². The van der Waals surface area contributed by atoms with Crippen LogP contribution in [-0.4, -0.2) is 104 Å². The summed E-state index contributed by atoms with van der Waals surface area (Å²) in [5, 5.41) is 52.1. The first kappa shape index (κ1) is 42.4. The minimum absolute atomic E-state index is 0.0373. The normalized spacial score (nSPS) is 37.5. The van der Waals surface area contributed by atoms with E-state index in [4.69, 9.17) is 18.9 Å². The lowest BCUT2D eigenvalue weighted by atomic mass is 9.44. The highest BCUT2D eigenvalue weighted by molar-refractivity contribution is 5.94. The Labute approximate surface area is 342 Å². The van der Waals surface area contributed by atoms with Crippen LogP contribution in [0, 0.1) is 16.7 Å². The quantitative estimate of drug-likeness (QED) is 0.168. The molecule has 59 heavy (non-hydrogen) atoms. The number of ether oxygens (including phenoxy) is 4. The minimum Gasteiger partial charge on any atom is -0.456 e. The predicted molar refractivity (Wildman–Crippen MR) is 209 cm³/mol. The number of nitrogens with one attached hydrogen (secondary N) is 1. The number of amides is 1. The van der Waals surface area contributed by atoms with Crippen molar-refractivity contribution in [3.63, 3.8) is 0 Å². The van der Waals surface area contributed by atoms with Gasteiger partial charge >= 0.3 is 17.9 Å². The number of ketones is 1. The van der Waals surface area contributed by atoms with Crippen LogP contribution in [0.4, 0.5) is 0 Å². The summed E-state index contributed by atoms with van der Waals surface area (Å²) >= 11 is 0. The van der Waals surface area contributed by atoms with E-state index in [1.165, 1.54) is 20.8 Å². The summed E-state index contributed by atoms with van der Waals surface area (Å²) in [7, 11) is 0. The average Bonchev–Trinajstić information content (AvgIpc) is 3.19. The number of carbonyl (C=O) groups is 5. The van der Waals surface area contributed by atoms with E-state index in [1.54, 1.807) is 68.4 Å². The Kier molecular flexibility index (Phi) is 11.3. The molecule has 0 spiro atoms. The molecular weight excluding hydrogens is 762 g/mol.